The van der Waals surface area contributed by atoms with Crippen molar-refractivity contribution in [1.29, 1.82) is 5.26 Å². The lowest BCUT2D eigenvalue weighted by molar-refractivity contribution is -0.113. The minimum absolute atomic E-state index is 0.178. The molecule has 1 heterocycles. The van der Waals surface area contributed by atoms with Crippen LogP contribution in [0.25, 0.3) is 0 Å². The van der Waals surface area contributed by atoms with Gasteiger partial charge in [0.05, 0.1) is 17.4 Å². The number of benzene rings is 1. The predicted molar refractivity (Wildman–Crippen MR) is 69.3 cm³/mol. The van der Waals surface area contributed by atoms with Crippen LogP contribution < -0.4 is 5.32 Å². The van der Waals surface area contributed by atoms with Crippen LogP contribution in [0.2, 0.25) is 0 Å². The van der Waals surface area contributed by atoms with Crippen LogP contribution in [0.4, 0.5) is 5.69 Å². The van der Waals surface area contributed by atoms with Gasteiger partial charge in [0.15, 0.2) is 0 Å². The van der Waals surface area contributed by atoms with Gasteiger partial charge in [0.2, 0.25) is 11.1 Å². The van der Waals surface area contributed by atoms with E-state index in [2.05, 4.69) is 20.8 Å². The van der Waals surface area contributed by atoms with Crippen molar-refractivity contribution in [3.05, 3.63) is 29.8 Å². The van der Waals surface area contributed by atoms with E-state index in [0.717, 1.165) is 0 Å². The monoisotopic (exact) mass is 274 g/mol. The molecule has 1 amide bonds. The molecule has 0 spiro atoms. The zero-order valence-electron chi connectivity index (χ0n) is 10.1. The first kappa shape index (κ1) is 13.0. The fourth-order valence-corrected chi connectivity index (χ4v) is 1.99. The third-order valence-corrected chi connectivity index (χ3v) is 3.20. The number of hydrogen-bond acceptors (Lipinski definition) is 6. The Bertz CT molecular complexity index is 632. The highest BCUT2D eigenvalue weighted by atomic mass is 32.2. The van der Waals surface area contributed by atoms with Gasteiger partial charge < -0.3 is 5.32 Å². The number of rotatable bonds is 4. The van der Waals surface area contributed by atoms with E-state index < -0.39 is 0 Å². The first-order valence-corrected chi connectivity index (χ1v) is 6.33. The SMILES string of the molecule is Cn1nnnc1SCC(=O)Nc1cccc(C#N)c1. The summed E-state index contributed by atoms with van der Waals surface area (Å²) < 4.78 is 1.49. The van der Waals surface area contributed by atoms with Crippen molar-refractivity contribution >= 4 is 23.4 Å². The molecule has 0 aliphatic rings. The first-order chi connectivity index (χ1) is 9.19. The molecule has 1 aromatic carbocycles. The summed E-state index contributed by atoms with van der Waals surface area (Å²) in [5.74, 6) is 0.0217. The number of hydrogen-bond donors (Lipinski definition) is 1. The van der Waals surface area contributed by atoms with E-state index in [1.54, 1.807) is 31.3 Å². The van der Waals surface area contributed by atoms with Crippen molar-refractivity contribution in [2.45, 2.75) is 5.16 Å². The van der Waals surface area contributed by atoms with Crippen LogP contribution in [0.1, 0.15) is 5.56 Å². The van der Waals surface area contributed by atoms with Gasteiger partial charge >= 0.3 is 0 Å². The molecule has 0 unspecified atom stereocenters. The molecule has 1 aromatic heterocycles. The number of amides is 1. The van der Waals surface area contributed by atoms with Gasteiger partial charge in [0, 0.05) is 12.7 Å². The van der Waals surface area contributed by atoms with Crippen molar-refractivity contribution in [3.8, 4) is 6.07 Å². The minimum atomic E-state index is -0.178. The maximum absolute atomic E-state index is 11.7. The Labute approximate surface area is 113 Å². The van der Waals surface area contributed by atoms with Gasteiger partial charge in [-0.1, -0.05) is 17.8 Å². The number of nitrogens with zero attached hydrogens (tertiary/aromatic N) is 5. The fraction of sp³-hybridized carbons (Fsp3) is 0.182. The summed E-state index contributed by atoms with van der Waals surface area (Å²) >= 11 is 1.24. The standard InChI is InChI=1S/C11H10N6OS/c1-17-11(14-15-16-17)19-7-10(18)13-9-4-2-3-8(5-9)6-12/h2-5H,7H2,1H3,(H,13,18). The zero-order valence-corrected chi connectivity index (χ0v) is 10.9. The Morgan fingerprint density at radius 2 is 2.42 bits per heavy atom. The average molecular weight is 274 g/mol. The number of nitrogens with one attached hydrogen (secondary N) is 1. The van der Waals surface area contributed by atoms with Gasteiger partial charge in [-0.15, -0.1) is 5.10 Å². The lowest BCUT2D eigenvalue weighted by Crippen LogP contribution is -2.14. The summed E-state index contributed by atoms with van der Waals surface area (Å²) in [6.45, 7) is 0. The second-order valence-corrected chi connectivity index (χ2v) is 4.56. The summed E-state index contributed by atoms with van der Waals surface area (Å²) in [7, 11) is 1.70. The molecular weight excluding hydrogens is 264 g/mol. The van der Waals surface area contributed by atoms with Crippen molar-refractivity contribution in [1.82, 2.24) is 20.2 Å². The second-order valence-electron chi connectivity index (χ2n) is 3.61. The molecule has 7 nitrogen and oxygen atoms in total. The molecule has 0 fully saturated rings. The highest BCUT2D eigenvalue weighted by Crippen LogP contribution is 2.14. The Morgan fingerprint density at radius 3 is 3.11 bits per heavy atom. The van der Waals surface area contributed by atoms with Crippen LogP contribution >= 0.6 is 11.8 Å². The molecule has 0 bridgehead atoms. The predicted octanol–water partition coefficient (Wildman–Crippen LogP) is 0.813. The Hall–Kier alpha value is -2.40. The third-order valence-electron chi connectivity index (χ3n) is 2.19. The molecule has 2 rings (SSSR count). The topological polar surface area (TPSA) is 96.5 Å². The van der Waals surface area contributed by atoms with Crippen LogP contribution in [0.5, 0.6) is 0 Å². The molecule has 0 saturated heterocycles. The number of carbonyl (C=O) groups is 1. The number of thioether (sulfide) groups is 1. The van der Waals surface area contributed by atoms with Crippen LogP contribution in [-0.2, 0) is 11.8 Å². The summed E-state index contributed by atoms with van der Waals surface area (Å²) in [4.78, 5) is 11.7. The van der Waals surface area contributed by atoms with Crippen molar-refractivity contribution in [2.75, 3.05) is 11.1 Å². The van der Waals surface area contributed by atoms with Crippen LogP contribution in [-0.4, -0.2) is 31.9 Å². The van der Waals surface area contributed by atoms with E-state index in [-0.39, 0.29) is 11.7 Å². The maximum atomic E-state index is 11.7. The summed E-state index contributed by atoms with van der Waals surface area (Å²) in [5.41, 5.74) is 1.10. The lowest BCUT2D eigenvalue weighted by atomic mass is 10.2. The number of aryl methyl sites for hydroxylation is 1. The fourth-order valence-electron chi connectivity index (χ4n) is 1.34. The number of tetrazole rings is 1. The van der Waals surface area contributed by atoms with E-state index in [4.69, 9.17) is 5.26 Å². The highest BCUT2D eigenvalue weighted by Gasteiger charge is 2.08. The molecule has 0 radical (unpaired) electrons. The normalized spacial score (nSPS) is 9.89. The molecule has 0 aliphatic heterocycles. The van der Waals surface area contributed by atoms with Crippen molar-refractivity contribution in [2.24, 2.45) is 7.05 Å². The molecule has 0 aliphatic carbocycles. The van der Waals surface area contributed by atoms with Gasteiger partial charge in [-0.05, 0) is 28.6 Å². The molecule has 96 valence electrons. The Morgan fingerprint density at radius 1 is 1.58 bits per heavy atom. The molecule has 8 heteroatoms. The zero-order chi connectivity index (χ0) is 13.7. The lowest BCUT2D eigenvalue weighted by Gasteiger charge is -2.04. The van der Waals surface area contributed by atoms with Crippen molar-refractivity contribution < 1.29 is 4.79 Å². The second kappa shape index (κ2) is 5.97. The Balaban J connectivity index is 1.91. The Kier molecular flexibility index (Phi) is 4.10. The number of anilines is 1. The van der Waals surface area contributed by atoms with E-state index in [9.17, 15) is 4.79 Å². The molecular formula is C11H10N6OS. The van der Waals surface area contributed by atoms with Gasteiger partial charge in [0.1, 0.15) is 0 Å². The van der Waals surface area contributed by atoms with E-state index in [1.165, 1.54) is 16.4 Å². The smallest absolute Gasteiger partial charge is 0.234 e. The molecule has 1 N–H and O–H groups in total. The van der Waals surface area contributed by atoms with Crippen LogP contribution in [0.3, 0.4) is 0 Å². The van der Waals surface area contributed by atoms with E-state index in [0.29, 0.717) is 16.4 Å². The summed E-state index contributed by atoms with van der Waals surface area (Å²) in [5, 5.41) is 23.0. The van der Waals surface area contributed by atoms with Gasteiger partial charge in [-0.2, -0.15) is 5.26 Å². The third kappa shape index (κ3) is 3.53. The number of carbonyl (C=O) groups excluding carboxylic acids is 1. The van der Waals surface area contributed by atoms with Gasteiger partial charge in [0.25, 0.3) is 0 Å². The molecule has 0 atom stereocenters. The molecule has 0 saturated carbocycles. The van der Waals surface area contributed by atoms with E-state index in [1.807, 2.05) is 6.07 Å². The summed E-state index contributed by atoms with van der Waals surface area (Å²) in [6, 6.07) is 8.76. The van der Waals surface area contributed by atoms with Crippen LogP contribution in [0, 0.1) is 11.3 Å². The van der Waals surface area contributed by atoms with E-state index >= 15 is 0 Å². The largest absolute Gasteiger partial charge is 0.325 e. The number of nitriles is 1. The maximum Gasteiger partial charge on any atom is 0.234 e. The average Bonchev–Trinajstić information content (AvgIpc) is 2.82. The first-order valence-electron chi connectivity index (χ1n) is 5.34. The minimum Gasteiger partial charge on any atom is -0.325 e. The summed E-state index contributed by atoms with van der Waals surface area (Å²) in [6.07, 6.45) is 0. The van der Waals surface area contributed by atoms with Gasteiger partial charge in [-0.25, -0.2) is 4.68 Å². The van der Waals surface area contributed by atoms with Gasteiger partial charge in [-0.3, -0.25) is 4.79 Å². The van der Waals surface area contributed by atoms with Crippen molar-refractivity contribution in [3.63, 3.8) is 0 Å². The quantitative estimate of drug-likeness (QED) is 0.829. The highest BCUT2D eigenvalue weighted by molar-refractivity contribution is 7.99. The number of aromatic nitrogens is 4. The molecule has 2 aromatic rings. The molecule has 19 heavy (non-hydrogen) atoms. The van der Waals surface area contributed by atoms with Crippen LogP contribution in [0.15, 0.2) is 29.4 Å².